The number of nitrogens with two attached hydrogens (primary N) is 1. The van der Waals surface area contributed by atoms with Gasteiger partial charge in [-0.2, -0.15) is 5.10 Å². The van der Waals surface area contributed by atoms with E-state index in [-0.39, 0.29) is 46.8 Å². The predicted octanol–water partition coefficient (Wildman–Crippen LogP) is 4.27. The lowest BCUT2D eigenvalue weighted by Crippen LogP contribution is -2.34. The Kier molecular flexibility index (Phi) is 5.54. The van der Waals surface area contributed by atoms with Crippen LogP contribution in [0.3, 0.4) is 0 Å². The molecule has 39 heavy (non-hydrogen) atoms. The number of pyridine rings is 1. The van der Waals surface area contributed by atoms with Crippen molar-refractivity contribution in [3.63, 3.8) is 0 Å². The number of rotatable bonds is 5. The molecule has 194 valence electrons. The molecule has 6 rings (SSSR count). The van der Waals surface area contributed by atoms with Gasteiger partial charge in [0.25, 0.3) is 0 Å². The van der Waals surface area contributed by atoms with E-state index in [0.29, 0.717) is 27.2 Å². The molecular formula is C27H19ClFN7O3. The molecule has 12 heteroatoms. The fraction of sp³-hybridized carbons (Fsp3) is 0.111. The smallest absolute Gasteiger partial charge is 0.354 e. The summed E-state index contributed by atoms with van der Waals surface area (Å²) in [7, 11) is 0. The van der Waals surface area contributed by atoms with Gasteiger partial charge in [-0.25, -0.2) is 24.1 Å². The first-order chi connectivity index (χ1) is 18.7. The largest absolute Gasteiger partial charge is 0.477 e. The van der Waals surface area contributed by atoms with Crippen LogP contribution in [-0.4, -0.2) is 41.7 Å². The monoisotopic (exact) mass is 543 g/mol. The number of nitrogens with zero attached hydrogens (tertiary/aromatic N) is 5. The number of amides is 1. The molecule has 0 saturated carbocycles. The summed E-state index contributed by atoms with van der Waals surface area (Å²) in [5, 5.41) is 17.9. The lowest BCUT2D eigenvalue weighted by atomic mass is 9.80. The van der Waals surface area contributed by atoms with Crippen molar-refractivity contribution < 1.29 is 19.1 Å². The Morgan fingerprint density at radius 3 is 2.69 bits per heavy atom. The highest BCUT2D eigenvalue weighted by Crippen LogP contribution is 2.44. The zero-order valence-corrected chi connectivity index (χ0v) is 21.1. The first kappa shape index (κ1) is 24.4. The van der Waals surface area contributed by atoms with Crippen molar-refractivity contribution in [2.45, 2.75) is 18.9 Å². The minimum Gasteiger partial charge on any atom is -0.477 e. The van der Waals surface area contributed by atoms with Crippen LogP contribution in [0.1, 0.15) is 34.2 Å². The normalized spacial score (nSPS) is 16.3. The maximum absolute atomic E-state index is 14.4. The number of nitrogen functional groups attached to an aromatic ring is 1. The van der Waals surface area contributed by atoms with Crippen molar-refractivity contribution in [2.75, 3.05) is 11.1 Å². The number of hydrogen-bond acceptors (Lipinski definition) is 7. The Labute approximate surface area is 225 Å². The number of benzene rings is 2. The number of carbonyl (C=O) groups excluding carboxylic acids is 1. The molecule has 3 aromatic heterocycles. The molecular weight excluding hydrogens is 525 g/mol. The van der Waals surface area contributed by atoms with E-state index in [1.54, 1.807) is 54.1 Å². The molecule has 1 aliphatic rings. The number of anilines is 2. The Balaban J connectivity index is 1.49. The van der Waals surface area contributed by atoms with Gasteiger partial charge in [-0.3, -0.25) is 9.48 Å². The zero-order valence-electron chi connectivity index (χ0n) is 20.3. The van der Waals surface area contributed by atoms with Gasteiger partial charge in [0.15, 0.2) is 5.82 Å². The molecule has 0 fully saturated rings. The first-order valence-electron chi connectivity index (χ1n) is 11.8. The third kappa shape index (κ3) is 3.86. The molecule has 1 amide bonds. The summed E-state index contributed by atoms with van der Waals surface area (Å²) in [6, 6.07) is 15.9. The lowest BCUT2D eigenvalue weighted by molar-refractivity contribution is -0.119. The number of carboxylic acid groups (broad SMARTS) is 1. The SMILES string of the molecule is CC1(c2cccc(C(=O)O)n2)C(=O)Nc2nc(-c3nn(Cc4ccccc4F)c4cc(Cl)ccc34)nc(N)c21. The van der Waals surface area contributed by atoms with Crippen LogP contribution >= 0.6 is 11.6 Å². The van der Waals surface area contributed by atoms with Crippen molar-refractivity contribution in [1.29, 1.82) is 0 Å². The van der Waals surface area contributed by atoms with Crippen LogP contribution in [-0.2, 0) is 16.8 Å². The highest BCUT2D eigenvalue weighted by Gasteiger charge is 2.49. The molecule has 2 aromatic carbocycles. The number of hydrogen-bond donors (Lipinski definition) is 3. The minimum atomic E-state index is -1.43. The topological polar surface area (TPSA) is 149 Å². The average Bonchev–Trinajstić information content (AvgIpc) is 3.39. The second-order valence-electron chi connectivity index (χ2n) is 9.21. The molecule has 0 saturated heterocycles. The first-order valence-corrected chi connectivity index (χ1v) is 12.1. The van der Waals surface area contributed by atoms with E-state index in [1.165, 1.54) is 18.2 Å². The van der Waals surface area contributed by atoms with E-state index >= 15 is 0 Å². The minimum absolute atomic E-state index is 0.00384. The number of nitrogens with one attached hydrogen (secondary N) is 1. The van der Waals surface area contributed by atoms with Crippen LogP contribution in [0.4, 0.5) is 16.0 Å². The summed E-state index contributed by atoms with van der Waals surface area (Å²) in [4.78, 5) is 37.9. The molecule has 1 atom stereocenters. The van der Waals surface area contributed by atoms with Gasteiger partial charge in [0.2, 0.25) is 5.91 Å². The van der Waals surface area contributed by atoms with Crippen LogP contribution in [0, 0.1) is 5.82 Å². The summed E-state index contributed by atoms with van der Waals surface area (Å²) in [6.45, 7) is 1.71. The second-order valence-corrected chi connectivity index (χ2v) is 9.64. The average molecular weight is 544 g/mol. The summed E-state index contributed by atoms with van der Waals surface area (Å²) in [6.07, 6.45) is 0. The van der Waals surface area contributed by atoms with E-state index < -0.39 is 17.3 Å². The van der Waals surface area contributed by atoms with E-state index in [1.807, 2.05) is 0 Å². The molecule has 4 heterocycles. The van der Waals surface area contributed by atoms with Crippen LogP contribution in [0.25, 0.3) is 22.4 Å². The Morgan fingerprint density at radius 2 is 1.92 bits per heavy atom. The van der Waals surface area contributed by atoms with Crippen molar-refractivity contribution >= 4 is 46.0 Å². The molecule has 10 nitrogen and oxygen atoms in total. The standard InChI is InChI=1S/C27H19ClFN7O3/c1-27(19-8-4-7-17(31-19)25(37)38)20-22(30)32-24(33-23(20)34-26(27)39)21-15-10-9-14(28)11-18(15)36(35-21)12-13-5-2-3-6-16(13)29/h2-11H,12H2,1H3,(H,37,38)(H3,30,32,33,34,39). The summed E-state index contributed by atoms with van der Waals surface area (Å²) < 4.78 is 16.0. The lowest BCUT2D eigenvalue weighted by Gasteiger charge is -2.22. The van der Waals surface area contributed by atoms with Gasteiger partial charge in [0.05, 0.1) is 23.3 Å². The molecule has 1 unspecified atom stereocenters. The Hall–Kier alpha value is -4.90. The third-order valence-corrected chi connectivity index (χ3v) is 7.04. The predicted molar refractivity (Wildman–Crippen MR) is 142 cm³/mol. The van der Waals surface area contributed by atoms with Gasteiger partial charge in [0.1, 0.15) is 34.3 Å². The maximum atomic E-state index is 14.4. The molecule has 1 aliphatic heterocycles. The second kappa shape index (κ2) is 8.84. The third-order valence-electron chi connectivity index (χ3n) is 6.81. The molecule has 0 radical (unpaired) electrons. The van der Waals surface area contributed by atoms with Crippen molar-refractivity contribution in [3.05, 3.63) is 94.0 Å². The van der Waals surface area contributed by atoms with Crippen LogP contribution < -0.4 is 11.1 Å². The zero-order chi connectivity index (χ0) is 27.5. The van der Waals surface area contributed by atoms with Crippen molar-refractivity contribution in [3.8, 4) is 11.5 Å². The number of carboxylic acids is 1. The van der Waals surface area contributed by atoms with Gasteiger partial charge in [0, 0.05) is 16.0 Å². The molecule has 0 aliphatic carbocycles. The molecule has 5 aromatic rings. The Morgan fingerprint density at radius 1 is 1.13 bits per heavy atom. The quantitative estimate of drug-likeness (QED) is 0.297. The van der Waals surface area contributed by atoms with E-state index in [0.717, 1.165) is 0 Å². The van der Waals surface area contributed by atoms with Crippen LogP contribution in [0.5, 0.6) is 0 Å². The number of fused-ring (bicyclic) bond motifs is 2. The van der Waals surface area contributed by atoms with E-state index in [2.05, 4.69) is 25.4 Å². The fourth-order valence-electron chi connectivity index (χ4n) is 4.81. The van der Waals surface area contributed by atoms with E-state index in [9.17, 15) is 19.1 Å². The highest BCUT2D eigenvalue weighted by molar-refractivity contribution is 6.31. The number of aromatic carboxylic acids is 1. The van der Waals surface area contributed by atoms with Gasteiger partial charge < -0.3 is 16.2 Å². The Bertz CT molecular complexity index is 1840. The summed E-state index contributed by atoms with van der Waals surface area (Å²) in [5.41, 5.74) is 6.67. The van der Waals surface area contributed by atoms with Crippen LogP contribution in [0.15, 0.2) is 60.7 Å². The van der Waals surface area contributed by atoms with Crippen LogP contribution in [0.2, 0.25) is 5.02 Å². The molecule has 0 spiro atoms. The van der Waals surface area contributed by atoms with Gasteiger partial charge in [-0.05, 0) is 43.3 Å². The van der Waals surface area contributed by atoms with Gasteiger partial charge in [-0.1, -0.05) is 35.9 Å². The number of carbonyl (C=O) groups is 2. The van der Waals surface area contributed by atoms with Gasteiger partial charge in [-0.15, -0.1) is 0 Å². The van der Waals surface area contributed by atoms with Crippen molar-refractivity contribution in [1.82, 2.24) is 24.7 Å². The molecule has 0 bridgehead atoms. The highest BCUT2D eigenvalue weighted by atomic mass is 35.5. The fourth-order valence-corrected chi connectivity index (χ4v) is 4.98. The summed E-state index contributed by atoms with van der Waals surface area (Å²) >= 11 is 6.26. The summed E-state index contributed by atoms with van der Waals surface area (Å²) in [5.74, 6) is -1.76. The number of halogens is 2. The molecule has 4 N–H and O–H groups in total. The maximum Gasteiger partial charge on any atom is 0.354 e. The van der Waals surface area contributed by atoms with E-state index in [4.69, 9.17) is 17.3 Å². The number of aromatic nitrogens is 5. The van der Waals surface area contributed by atoms with Gasteiger partial charge >= 0.3 is 5.97 Å². The van der Waals surface area contributed by atoms with Crippen molar-refractivity contribution in [2.24, 2.45) is 0 Å².